The molecule has 1 saturated heterocycles. The van der Waals surface area contributed by atoms with Crippen LogP contribution in [0, 0.1) is 0 Å². The van der Waals surface area contributed by atoms with Crippen LogP contribution in [0.15, 0.2) is 0 Å². The molecular formula is C13H25N3O4. The van der Waals surface area contributed by atoms with Gasteiger partial charge in [-0.1, -0.05) is 13.8 Å². The summed E-state index contributed by atoms with van der Waals surface area (Å²) in [5, 5.41) is 14.3. The standard InChI is InChI=1S/C13H25N3O4/c1-4-13(3,11(17)18)15-12(19)14-8-10-9-16(5-2)6-7-20-10/h10H,4-9H2,1-3H3,(H,17,18)(H2,14,15,19). The zero-order valence-corrected chi connectivity index (χ0v) is 12.4. The van der Waals surface area contributed by atoms with Gasteiger partial charge in [-0.15, -0.1) is 0 Å². The molecule has 0 aromatic heterocycles. The van der Waals surface area contributed by atoms with E-state index < -0.39 is 17.5 Å². The molecule has 116 valence electrons. The third kappa shape index (κ3) is 4.64. The van der Waals surface area contributed by atoms with E-state index in [4.69, 9.17) is 9.84 Å². The van der Waals surface area contributed by atoms with Crippen molar-refractivity contribution in [1.29, 1.82) is 0 Å². The molecule has 0 saturated carbocycles. The van der Waals surface area contributed by atoms with E-state index in [1.807, 2.05) is 0 Å². The molecule has 2 unspecified atom stereocenters. The van der Waals surface area contributed by atoms with Crippen LogP contribution in [0.2, 0.25) is 0 Å². The van der Waals surface area contributed by atoms with E-state index in [2.05, 4.69) is 22.5 Å². The van der Waals surface area contributed by atoms with Gasteiger partial charge >= 0.3 is 12.0 Å². The molecule has 20 heavy (non-hydrogen) atoms. The van der Waals surface area contributed by atoms with Gasteiger partial charge in [0, 0.05) is 19.6 Å². The molecule has 3 N–H and O–H groups in total. The maximum Gasteiger partial charge on any atom is 0.329 e. The minimum absolute atomic E-state index is 0.0489. The maximum absolute atomic E-state index is 11.8. The molecule has 1 aliphatic heterocycles. The van der Waals surface area contributed by atoms with Gasteiger partial charge in [-0.25, -0.2) is 9.59 Å². The number of nitrogens with one attached hydrogen (secondary N) is 2. The number of carbonyl (C=O) groups excluding carboxylic acids is 1. The summed E-state index contributed by atoms with van der Waals surface area (Å²) in [5.74, 6) is -1.04. The van der Waals surface area contributed by atoms with Gasteiger partial charge in [0.1, 0.15) is 5.54 Å². The molecule has 0 radical (unpaired) electrons. The number of morpholine rings is 1. The van der Waals surface area contributed by atoms with Gasteiger partial charge in [-0.05, 0) is 19.9 Å². The van der Waals surface area contributed by atoms with Crippen molar-refractivity contribution in [3.63, 3.8) is 0 Å². The van der Waals surface area contributed by atoms with Crippen LogP contribution in [-0.2, 0) is 9.53 Å². The first-order valence-corrected chi connectivity index (χ1v) is 7.04. The fraction of sp³-hybridized carbons (Fsp3) is 0.846. The van der Waals surface area contributed by atoms with Gasteiger partial charge in [0.05, 0.1) is 12.7 Å². The number of hydrogen-bond donors (Lipinski definition) is 3. The first-order valence-electron chi connectivity index (χ1n) is 7.04. The molecule has 0 aromatic rings. The fourth-order valence-electron chi connectivity index (χ4n) is 1.99. The lowest BCUT2D eigenvalue weighted by molar-refractivity contribution is -0.143. The number of urea groups is 1. The lowest BCUT2D eigenvalue weighted by atomic mass is 10.00. The molecule has 1 fully saturated rings. The Balaban J connectivity index is 2.38. The molecule has 0 spiro atoms. The minimum Gasteiger partial charge on any atom is -0.480 e. The number of rotatable bonds is 6. The highest BCUT2D eigenvalue weighted by atomic mass is 16.5. The highest BCUT2D eigenvalue weighted by Crippen LogP contribution is 2.09. The molecule has 0 bridgehead atoms. The highest BCUT2D eigenvalue weighted by Gasteiger charge is 2.33. The zero-order valence-electron chi connectivity index (χ0n) is 12.4. The van der Waals surface area contributed by atoms with Crippen molar-refractivity contribution in [1.82, 2.24) is 15.5 Å². The van der Waals surface area contributed by atoms with Crippen LogP contribution >= 0.6 is 0 Å². The summed E-state index contributed by atoms with van der Waals surface area (Å²) in [5.41, 5.74) is -1.24. The Kier molecular flexibility index (Phi) is 6.22. The number of carboxylic acids is 1. The minimum atomic E-state index is -1.24. The lowest BCUT2D eigenvalue weighted by Crippen LogP contribution is -2.56. The molecule has 0 aromatic carbocycles. The summed E-state index contributed by atoms with van der Waals surface area (Å²) in [6, 6.07) is -0.478. The molecule has 1 heterocycles. The summed E-state index contributed by atoms with van der Waals surface area (Å²) in [6.45, 7) is 8.97. The van der Waals surface area contributed by atoms with Crippen molar-refractivity contribution in [2.45, 2.75) is 38.8 Å². The van der Waals surface area contributed by atoms with Crippen LogP contribution in [-0.4, -0.2) is 66.4 Å². The first kappa shape index (κ1) is 16.7. The zero-order chi connectivity index (χ0) is 15.2. The van der Waals surface area contributed by atoms with Crippen LogP contribution in [0.3, 0.4) is 0 Å². The van der Waals surface area contributed by atoms with E-state index in [-0.39, 0.29) is 6.10 Å². The van der Waals surface area contributed by atoms with Gasteiger partial charge in [0.2, 0.25) is 0 Å². The van der Waals surface area contributed by atoms with Crippen molar-refractivity contribution < 1.29 is 19.4 Å². The van der Waals surface area contributed by atoms with E-state index in [1.54, 1.807) is 6.92 Å². The van der Waals surface area contributed by atoms with Crippen molar-refractivity contribution in [3.05, 3.63) is 0 Å². The number of hydrogen-bond acceptors (Lipinski definition) is 4. The largest absolute Gasteiger partial charge is 0.480 e. The fourth-order valence-corrected chi connectivity index (χ4v) is 1.99. The lowest BCUT2D eigenvalue weighted by Gasteiger charge is -2.32. The predicted molar refractivity (Wildman–Crippen MR) is 74.7 cm³/mol. The average molecular weight is 287 g/mol. The highest BCUT2D eigenvalue weighted by molar-refractivity contribution is 5.85. The van der Waals surface area contributed by atoms with Gasteiger partial charge in [0.15, 0.2) is 0 Å². The molecule has 2 atom stereocenters. The van der Waals surface area contributed by atoms with E-state index in [0.29, 0.717) is 19.6 Å². The van der Waals surface area contributed by atoms with Gasteiger partial charge in [-0.2, -0.15) is 0 Å². The van der Waals surface area contributed by atoms with E-state index >= 15 is 0 Å². The number of nitrogens with zero attached hydrogens (tertiary/aromatic N) is 1. The number of carbonyl (C=O) groups is 2. The van der Waals surface area contributed by atoms with E-state index in [0.717, 1.165) is 19.6 Å². The van der Waals surface area contributed by atoms with Crippen molar-refractivity contribution >= 4 is 12.0 Å². The summed E-state index contributed by atoms with van der Waals surface area (Å²) in [6.07, 6.45) is 0.270. The Morgan fingerprint density at radius 1 is 1.45 bits per heavy atom. The molecular weight excluding hydrogens is 262 g/mol. The monoisotopic (exact) mass is 287 g/mol. The number of amides is 2. The Hall–Kier alpha value is -1.34. The van der Waals surface area contributed by atoms with Crippen LogP contribution in [0.25, 0.3) is 0 Å². The second-order valence-corrected chi connectivity index (χ2v) is 5.21. The number of aliphatic carboxylic acids is 1. The molecule has 7 nitrogen and oxygen atoms in total. The number of ether oxygens (including phenoxy) is 1. The summed E-state index contributed by atoms with van der Waals surface area (Å²) in [4.78, 5) is 25.1. The van der Waals surface area contributed by atoms with Gasteiger partial charge in [0.25, 0.3) is 0 Å². The number of carboxylic acid groups (broad SMARTS) is 1. The van der Waals surface area contributed by atoms with Crippen molar-refractivity contribution in [2.75, 3.05) is 32.8 Å². The van der Waals surface area contributed by atoms with Crippen LogP contribution < -0.4 is 10.6 Å². The third-order valence-electron chi connectivity index (χ3n) is 3.73. The van der Waals surface area contributed by atoms with Gasteiger partial charge < -0.3 is 20.5 Å². The van der Waals surface area contributed by atoms with E-state index in [9.17, 15) is 9.59 Å². The van der Waals surface area contributed by atoms with E-state index in [1.165, 1.54) is 6.92 Å². The Labute approximate surface area is 119 Å². The Morgan fingerprint density at radius 2 is 2.15 bits per heavy atom. The first-order chi connectivity index (χ1) is 9.41. The number of likely N-dealkylation sites (N-methyl/N-ethyl adjacent to an activating group) is 1. The third-order valence-corrected chi connectivity index (χ3v) is 3.73. The smallest absolute Gasteiger partial charge is 0.329 e. The van der Waals surface area contributed by atoms with Crippen LogP contribution in [0.1, 0.15) is 27.2 Å². The van der Waals surface area contributed by atoms with Crippen LogP contribution in [0.4, 0.5) is 4.79 Å². The quantitative estimate of drug-likeness (QED) is 0.652. The normalized spacial score (nSPS) is 22.9. The van der Waals surface area contributed by atoms with Crippen LogP contribution in [0.5, 0.6) is 0 Å². The SMILES string of the molecule is CCN1CCOC(CNC(=O)NC(C)(CC)C(=O)O)C1. The molecule has 1 aliphatic rings. The predicted octanol–water partition coefficient (Wildman–Crippen LogP) is 0.260. The second kappa shape index (κ2) is 7.44. The second-order valence-electron chi connectivity index (χ2n) is 5.21. The molecule has 1 rings (SSSR count). The topological polar surface area (TPSA) is 90.9 Å². The van der Waals surface area contributed by atoms with Crippen molar-refractivity contribution in [3.8, 4) is 0 Å². The van der Waals surface area contributed by atoms with Crippen molar-refractivity contribution in [2.24, 2.45) is 0 Å². The molecule has 2 amide bonds. The molecule has 7 heteroatoms. The van der Waals surface area contributed by atoms with Gasteiger partial charge in [-0.3, -0.25) is 4.90 Å². The summed E-state index contributed by atoms with van der Waals surface area (Å²) in [7, 11) is 0. The Morgan fingerprint density at radius 3 is 2.70 bits per heavy atom. The maximum atomic E-state index is 11.8. The molecule has 0 aliphatic carbocycles. The summed E-state index contributed by atoms with van der Waals surface area (Å²) < 4.78 is 5.56. The average Bonchev–Trinajstić information content (AvgIpc) is 2.45. The Bertz CT molecular complexity index is 351. The summed E-state index contributed by atoms with van der Waals surface area (Å²) >= 11 is 0.